The zero-order chi connectivity index (χ0) is 15.9. The molecule has 1 amide bonds. The molecule has 1 N–H and O–H groups in total. The molecule has 0 bridgehead atoms. The van der Waals surface area contributed by atoms with Crippen LogP contribution in [0, 0.1) is 0 Å². The SMILES string of the molecule is COc1ccc(CCNC(=O)CCS(C)(=O)=O)cc1OC. The van der Waals surface area contributed by atoms with E-state index < -0.39 is 9.84 Å². The van der Waals surface area contributed by atoms with Crippen LogP contribution in [0.1, 0.15) is 12.0 Å². The molecule has 0 aliphatic rings. The highest BCUT2D eigenvalue weighted by Gasteiger charge is 2.08. The summed E-state index contributed by atoms with van der Waals surface area (Å²) < 4.78 is 32.3. The molecule has 1 aromatic carbocycles. The molecule has 0 aliphatic heterocycles. The van der Waals surface area contributed by atoms with Crippen molar-refractivity contribution in [2.45, 2.75) is 12.8 Å². The van der Waals surface area contributed by atoms with Gasteiger partial charge in [0, 0.05) is 19.2 Å². The molecular formula is C14H21NO5S. The maximum absolute atomic E-state index is 11.5. The average Bonchev–Trinajstić information content (AvgIpc) is 2.44. The standard InChI is InChI=1S/C14H21NO5S/c1-19-12-5-4-11(10-13(12)20-2)6-8-15-14(16)7-9-21(3,17)18/h4-5,10H,6-9H2,1-3H3,(H,15,16). The van der Waals surface area contributed by atoms with Gasteiger partial charge in [-0.15, -0.1) is 0 Å². The Morgan fingerprint density at radius 3 is 2.43 bits per heavy atom. The van der Waals surface area contributed by atoms with Crippen molar-refractivity contribution in [3.05, 3.63) is 23.8 Å². The number of nitrogens with one attached hydrogen (secondary N) is 1. The molecule has 0 spiro atoms. The molecule has 1 rings (SSSR count). The van der Waals surface area contributed by atoms with Crippen LogP contribution in [0.3, 0.4) is 0 Å². The highest BCUT2D eigenvalue weighted by molar-refractivity contribution is 7.90. The second-order valence-corrected chi connectivity index (χ2v) is 6.93. The van der Waals surface area contributed by atoms with E-state index in [0.717, 1.165) is 11.8 Å². The minimum Gasteiger partial charge on any atom is -0.493 e. The van der Waals surface area contributed by atoms with Gasteiger partial charge >= 0.3 is 0 Å². The van der Waals surface area contributed by atoms with Crippen LogP contribution in [-0.4, -0.2) is 47.1 Å². The molecule has 0 saturated heterocycles. The molecule has 118 valence electrons. The molecule has 0 fully saturated rings. The number of amides is 1. The maximum atomic E-state index is 11.5. The minimum atomic E-state index is -3.10. The number of sulfone groups is 1. The summed E-state index contributed by atoms with van der Waals surface area (Å²) >= 11 is 0. The number of rotatable bonds is 8. The topological polar surface area (TPSA) is 81.7 Å². The Kier molecular flexibility index (Phi) is 6.48. The predicted octanol–water partition coefficient (Wildman–Crippen LogP) is 0.797. The fourth-order valence-electron chi connectivity index (χ4n) is 1.75. The molecule has 1 aromatic rings. The van der Waals surface area contributed by atoms with Crippen molar-refractivity contribution in [2.75, 3.05) is 32.8 Å². The Bertz CT molecular complexity index is 583. The average molecular weight is 315 g/mol. The molecule has 0 atom stereocenters. The fraction of sp³-hybridized carbons (Fsp3) is 0.500. The second-order valence-electron chi connectivity index (χ2n) is 4.67. The number of hydrogen-bond donors (Lipinski definition) is 1. The van der Waals surface area contributed by atoms with Gasteiger partial charge in [0.05, 0.1) is 20.0 Å². The summed E-state index contributed by atoms with van der Waals surface area (Å²) in [6, 6.07) is 5.55. The summed E-state index contributed by atoms with van der Waals surface area (Å²) in [7, 11) is 0.0287. The lowest BCUT2D eigenvalue weighted by molar-refractivity contribution is -0.120. The third kappa shape index (κ3) is 6.48. The van der Waals surface area contributed by atoms with Crippen molar-refractivity contribution >= 4 is 15.7 Å². The van der Waals surface area contributed by atoms with Crippen LogP contribution in [0.15, 0.2) is 18.2 Å². The van der Waals surface area contributed by atoms with Gasteiger partial charge < -0.3 is 14.8 Å². The van der Waals surface area contributed by atoms with Gasteiger partial charge in [-0.2, -0.15) is 0 Å². The summed E-state index contributed by atoms with van der Waals surface area (Å²) in [6.07, 6.45) is 1.74. The van der Waals surface area contributed by atoms with E-state index in [1.54, 1.807) is 20.3 Å². The minimum absolute atomic E-state index is 0.00916. The summed E-state index contributed by atoms with van der Waals surface area (Å²) in [5, 5.41) is 2.69. The predicted molar refractivity (Wildman–Crippen MR) is 80.6 cm³/mol. The van der Waals surface area contributed by atoms with Crippen LogP contribution in [0.4, 0.5) is 0 Å². The van der Waals surface area contributed by atoms with Crippen molar-refractivity contribution in [2.24, 2.45) is 0 Å². The van der Waals surface area contributed by atoms with Gasteiger partial charge in [-0.3, -0.25) is 4.79 Å². The number of methoxy groups -OCH3 is 2. The van der Waals surface area contributed by atoms with E-state index in [4.69, 9.17) is 9.47 Å². The van der Waals surface area contributed by atoms with E-state index in [-0.39, 0.29) is 18.1 Å². The summed E-state index contributed by atoms with van der Waals surface area (Å²) in [4.78, 5) is 11.5. The summed E-state index contributed by atoms with van der Waals surface area (Å²) in [5.74, 6) is 0.896. The number of carbonyl (C=O) groups excluding carboxylic acids is 1. The lowest BCUT2D eigenvalue weighted by atomic mass is 10.1. The number of ether oxygens (including phenoxy) is 2. The van der Waals surface area contributed by atoms with Gasteiger partial charge in [-0.1, -0.05) is 6.07 Å². The van der Waals surface area contributed by atoms with Crippen molar-refractivity contribution in [1.29, 1.82) is 0 Å². The van der Waals surface area contributed by atoms with Crippen LogP contribution in [0.2, 0.25) is 0 Å². The zero-order valence-electron chi connectivity index (χ0n) is 12.5. The van der Waals surface area contributed by atoms with Gasteiger partial charge in [0.15, 0.2) is 11.5 Å². The second kappa shape index (κ2) is 7.87. The van der Waals surface area contributed by atoms with E-state index in [0.29, 0.717) is 24.5 Å². The van der Waals surface area contributed by atoms with Crippen molar-refractivity contribution in [1.82, 2.24) is 5.32 Å². The van der Waals surface area contributed by atoms with Crippen LogP contribution < -0.4 is 14.8 Å². The van der Waals surface area contributed by atoms with Gasteiger partial charge in [0.2, 0.25) is 5.91 Å². The van der Waals surface area contributed by atoms with E-state index >= 15 is 0 Å². The first kappa shape index (κ1) is 17.3. The Morgan fingerprint density at radius 2 is 1.86 bits per heavy atom. The van der Waals surface area contributed by atoms with Crippen LogP contribution in [-0.2, 0) is 21.1 Å². The van der Waals surface area contributed by atoms with Crippen LogP contribution >= 0.6 is 0 Å². The first-order chi connectivity index (χ1) is 9.85. The Hall–Kier alpha value is -1.76. The van der Waals surface area contributed by atoms with Gasteiger partial charge in [0.1, 0.15) is 9.84 Å². The highest BCUT2D eigenvalue weighted by Crippen LogP contribution is 2.27. The molecule has 7 heteroatoms. The third-order valence-electron chi connectivity index (χ3n) is 2.88. The number of carbonyl (C=O) groups is 1. The molecular weight excluding hydrogens is 294 g/mol. The molecule has 0 saturated carbocycles. The summed E-state index contributed by atoms with van der Waals surface area (Å²) in [6.45, 7) is 0.443. The quantitative estimate of drug-likeness (QED) is 0.767. The fourth-order valence-corrected chi connectivity index (χ4v) is 2.31. The molecule has 0 aliphatic carbocycles. The van der Waals surface area contributed by atoms with E-state index in [9.17, 15) is 13.2 Å². The molecule has 6 nitrogen and oxygen atoms in total. The zero-order valence-corrected chi connectivity index (χ0v) is 13.3. The number of hydrogen-bond acceptors (Lipinski definition) is 5. The lowest BCUT2D eigenvalue weighted by Crippen LogP contribution is -2.27. The highest BCUT2D eigenvalue weighted by atomic mass is 32.2. The molecule has 0 unspecified atom stereocenters. The van der Waals surface area contributed by atoms with E-state index in [2.05, 4.69) is 5.32 Å². The largest absolute Gasteiger partial charge is 0.493 e. The first-order valence-corrected chi connectivity index (χ1v) is 8.57. The van der Waals surface area contributed by atoms with Crippen molar-refractivity contribution < 1.29 is 22.7 Å². The smallest absolute Gasteiger partial charge is 0.221 e. The van der Waals surface area contributed by atoms with Crippen LogP contribution in [0.25, 0.3) is 0 Å². The third-order valence-corrected chi connectivity index (χ3v) is 3.83. The molecule has 0 radical (unpaired) electrons. The first-order valence-electron chi connectivity index (χ1n) is 6.51. The van der Waals surface area contributed by atoms with E-state index in [1.165, 1.54) is 0 Å². The lowest BCUT2D eigenvalue weighted by Gasteiger charge is -2.10. The summed E-state index contributed by atoms with van der Waals surface area (Å²) in [5.41, 5.74) is 0.996. The van der Waals surface area contributed by atoms with Gasteiger partial charge in [-0.05, 0) is 24.1 Å². The molecule has 0 heterocycles. The van der Waals surface area contributed by atoms with Crippen molar-refractivity contribution in [3.8, 4) is 11.5 Å². The van der Waals surface area contributed by atoms with E-state index in [1.807, 2.05) is 12.1 Å². The normalized spacial score (nSPS) is 11.0. The maximum Gasteiger partial charge on any atom is 0.221 e. The van der Waals surface area contributed by atoms with Crippen LogP contribution in [0.5, 0.6) is 11.5 Å². The van der Waals surface area contributed by atoms with Gasteiger partial charge in [-0.25, -0.2) is 8.42 Å². The molecule has 0 aromatic heterocycles. The van der Waals surface area contributed by atoms with Gasteiger partial charge in [0.25, 0.3) is 0 Å². The Balaban J connectivity index is 2.44. The van der Waals surface area contributed by atoms with Crippen molar-refractivity contribution in [3.63, 3.8) is 0 Å². The monoisotopic (exact) mass is 315 g/mol. The Morgan fingerprint density at radius 1 is 1.19 bits per heavy atom. The molecule has 21 heavy (non-hydrogen) atoms. The Labute approximate surface area is 125 Å². The number of benzene rings is 1.